The van der Waals surface area contributed by atoms with E-state index < -0.39 is 18.2 Å². The monoisotopic (exact) mass is 241 g/mol. The van der Waals surface area contributed by atoms with Gasteiger partial charge in [-0.1, -0.05) is 13.8 Å². The third-order valence-corrected chi connectivity index (χ3v) is 1.89. The summed E-state index contributed by atoms with van der Waals surface area (Å²) in [4.78, 5) is 11.0. The van der Waals surface area contributed by atoms with Crippen LogP contribution >= 0.6 is 0 Å². The average molecular weight is 241 g/mol. The van der Waals surface area contributed by atoms with E-state index in [4.69, 9.17) is 10.5 Å². The first kappa shape index (κ1) is 15.2. The van der Waals surface area contributed by atoms with E-state index in [0.29, 0.717) is 6.61 Å². The molecule has 0 unspecified atom stereocenters. The van der Waals surface area contributed by atoms with Crippen LogP contribution in [-0.2, 0) is 9.53 Å². The van der Waals surface area contributed by atoms with E-state index in [-0.39, 0.29) is 25.2 Å². The van der Waals surface area contributed by atoms with Crippen LogP contribution in [0.3, 0.4) is 0 Å². The van der Waals surface area contributed by atoms with Gasteiger partial charge in [0.1, 0.15) is 6.04 Å². The Morgan fingerprint density at radius 3 is 2.38 bits per heavy atom. The van der Waals surface area contributed by atoms with Crippen molar-refractivity contribution in [3.63, 3.8) is 0 Å². The molecule has 0 aromatic rings. The molecule has 0 heterocycles. The number of nitrogens with two attached hydrogens (primary N) is 1. The van der Waals surface area contributed by atoms with Gasteiger partial charge in [-0.2, -0.15) is 13.2 Å². The Kier molecular flexibility index (Phi) is 6.40. The van der Waals surface area contributed by atoms with Crippen LogP contribution in [0.25, 0.3) is 0 Å². The molecule has 0 saturated heterocycles. The maximum Gasteiger partial charge on any atom is 0.403 e. The molecule has 6 heteroatoms. The maximum absolute atomic E-state index is 12.0. The molecule has 0 aliphatic rings. The van der Waals surface area contributed by atoms with Crippen molar-refractivity contribution in [3.8, 4) is 0 Å². The highest BCUT2D eigenvalue weighted by molar-refractivity contribution is 5.69. The van der Waals surface area contributed by atoms with E-state index in [9.17, 15) is 18.0 Å². The van der Waals surface area contributed by atoms with Crippen LogP contribution < -0.4 is 5.73 Å². The van der Waals surface area contributed by atoms with Crippen LogP contribution in [0.4, 0.5) is 13.2 Å². The molecule has 1 atom stereocenters. The van der Waals surface area contributed by atoms with Gasteiger partial charge in [-0.05, 0) is 18.8 Å². The molecule has 0 amide bonds. The Morgan fingerprint density at radius 2 is 1.94 bits per heavy atom. The lowest BCUT2D eigenvalue weighted by Gasteiger charge is -2.14. The van der Waals surface area contributed by atoms with Gasteiger partial charge in [0.2, 0.25) is 0 Å². The zero-order chi connectivity index (χ0) is 12.8. The molecule has 0 aliphatic heterocycles. The molecule has 0 aromatic heterocycles. The molecule has 0 saturated carbocycles. The van der Waals surface area contributed by atoms with E-state index in [2.05, 4.69) is 0 Å². The summed E-state index contributed by atoms with van der Waals surface area (Å²) in [7, 11) is 0. The van der Waals surface area contributed by atoms with Crippen LogP contribution in [0, 0.1) is 5.92 Å². The fraction of sp³-hybridized carbons (Fsp3) is 0.900. The summed E-state index contributed by atoms with van der Waals surface area (Å²) in [6.07, 6.45) is -4.56. The second-order valence-electron chi connectivity index (χ2n) is 4.12. The van der Waals surface area contributed by atoms with Gasteiger partial charge in [0, 0.05) is 6.42 Å². The van der Waals surface area contributed by atoms with Crippen molar-refractivity contribution in [1.29, 1.82) is 0 Å². The molecule has 3 nitrogen and oxygen atoms in total. The second-order valence-corrected chi connectivity index (χ2v) is 4.12. The number of halogens is 3. The zero-order valence-corrected chi connectivity index (χ0v) is 9.51. The lowest BCUT2D eigenvalue weighted by Crippen LogP contribution is -2.37. The molecule has 0 aliphatic carbocycles. The standard InChI is InChI=1S/C10H18F3NO2/c1-7(2)6-16-9(15)5-3-4-8(14)10(11,12)13/h7-8H,3-6,14H2,1-2H3/t8-/m0/s1. The molecule has 0 fully saturated rings. The van der Waals surface area contributed by atoms with Gasteiger partial charge in [0.05, 0.1) is 6.61 Å². The van der Waals surface area contributed by atoms with Crippen LogP contribution in [0.2, 0.25) is 0 Å². The number of rotatable bonds is 6. The minimum Gasteiger partial charge on any atom is -0.465 e. The van der Waals surface area contributed by atoms with Crippen molar-refractivity contribution < 1.29 is 22.7 Å². The van der Waals surface area contributed by atoms with E-state index in [1.54, 1.807) is 0 Å². The Labute approximate surface area is 93.1 Å². The Balaban J connectivity index is 3.62. The number of esters is 1. The Hall–Kier alpha value is -0.780. The highest BCUT2D eigenvalue weighted by atomic mass is 19.4. The number of ether oxygens (including phenoxy) is 1. The van der Waals surface area contributed by atoms with Crippen LogP contribution in [0.5, 0.6) is 0 Å². The van der Waals surface area contributed by atoms with Gasteiger partial charge < -0.3 is 10.5 Å². The van der Waals surface area contributed by atoms with Crippen molar-refractivity contribution in [2.45, 2.75) is 45.3 Å². The van der Waals surface area contributed by atoms with Crippen molar-refractivity contribution in [3.05, 3.63) is 0 Å². The fourth-order valence-electron chi connectivity index (χ4n) is 0.962. The van der Waals surface area contributed by atoms with E-state index in [1.807, 2.05) is 13.8 Å². The Morgan fingerprint density at radius 1 is 1.38 bits per heavy atom. The van der Waals surface area contributed by atoms with Crippen LogP contribution in [0.1, 0.15) is 33.1 Å². The highest BCUT2D eigenvalue weighted by Gasteiger charge is 2.35. The molecule has 0 aromatic carbocycles. The third-order valence-electron chi connectivity index (χ3n) is 1.89. The maximum atomic E-state index is 12.0. The summed E-state index contributed by atoms with van der Waals surface area (Å²) >= 11 is 0. The SMILES string of the molecule is CC(C)COC(=O)CCC[C@H](N)C(F)(F)F. The molecule has 0 bridgehead atoms. The summed E-state index contributed by atoms with van der Waals surface area (Å²) in [5.41, 5.74) is 4.88. The van der Waals surface area contributed by atoms with Gasteiger partial charge in [-0.25, -0.2) is 0 Å². The summed E-state index contributed by atoms with van der Waals surface area (Å²) in [5, 5.41) is 0. The molecule has 0 spiro atoms. The number of alkyl halides is 3. The summed E-state index contributed by atoms with van der Waals surface area (Å²) < 4.78 is 40.8. The number of hydrogen-bond acceptors (Lipinski definition) is 3. The number of carbonyl (C=O) groups is 1. The molecular formula is C10H18F3NO2. The molecule has 16 heavy (non-hydrogen) atoms. The zero-order valence-electron chi connectivity index (χ0n) is 9.51. The van der Waals surface area contributed by atoms with E-state index in [1.165, 1.54) is 0 Å². The molecule has 96 valence electrons. The predicted molar refractivity (Wildman–Crippen MR) is 53.7 cm³/mol. The minimum atomic E-state index is -4.39. The number of carbonyl (C=O) groups excluding carboxylic acids is 1. The van der Waals surface area contributed by atoms with Gasteiger partial charge >= 0.3 is 12.1 Å². The first-order chi connectivity index (χ1) is 7.23. The van der Waals surface area contributed by atoms with Crippen molar-refractivity contribution in [1.82, 2.24) is 0 Å². The minimum absolute atomic E-state index is 0.0174. The first-order valence-electron chi connectivity index (χ1n) is 5.21. The van der Waals surface area contributed by atoms with Crippen molar-refractivity contribution in [2.24, 2.45) is 11.7 Å². The van der Waals surface area contributed by atoms with Crippen LogP contribution in [0.15, 0.2) is 0 Å². The third kappa shape index (κ3) is 7.50. The molecule has 0 radical (unpaired) electrons. The first-order valence-corrected chi connectivity index (χ1v) is 5.21. The molecular weight excluding hydrogens is 223 g/mol. The Bertz CT molecular complexity index is 217. The smallest absolute Gasteiger partial charge is 0.403 e. The number of hydrogen-bond donors (Lipinski definition) is 1. The lowest BCUT2D eigenvalue weighted by atomic mass is 10.1. The predicted octanol–water partition coefficient (Wildman–Crippen LogP) is 2.25. The molecule has 2 N–H and O–H groups in total. The van der Waals surface area contributed by atoms with E-state index in [0.717, 1.165) is 0 Å². The second kappa shape index (κ2) is 6.73. The van der Waals surface area contributed by atoms with Gasteiger partial charge in [0.25, 0.3) is 0 Å². The van der Waals surface area contributed by atoms with Gasteiger partial charge in [0.15, 0.2) is 0 Å². The van der Waals surface area contributed by atoms with E-state index >= 15 is 0 Å². The lowest BCUT2D eigenvalue weighted by molar-refractivity contribution is -0.152. The quantitative estimate of drug-likeness (QED) is 0.725. The normalized spacial score (nSPS) is 13.9. The fourth-order valence-corrected chi connectivity index (χ4v) is 0.962. The van der Waals surface area contributed by atoms with Gasteiger partial charge in [-0.15, -0.1) is 0 Å². The van der Waals surface area contributed by atoms with Crippen LogP contribution in [-0.4, -0.2) is 24.8 Å². The summed E-state index contributed by atoms with van der Waals surface area (Å²) in [6.45, 7) is 4.06. The highest BCUT2D eigenvalue weighted by Crippen LogP contribution is 2.21. The topological polar surface area (TPSA) is 52.3 Å². The van der Waals surface area contributed by atoms with Gasteiger partial charge in [-0.3, -0.25) is 4.79 Å². The summed E-state index contributed by atoms with van der Waals surface area (Å²) in [5.74, 6) is -0.246. The van der Waals surface area contributed by atoms with Crippen molar-refractivity contribution >= 4 is 5.97 Å². The molecule has 0 rings (SSSR count). The summed E-state index contributed by atoms with van der Waals surface area (Å²) in [6, 6.07) is -1.86. The average Bonchev–Trinajstić information content (AvgIpc) is 2.13. The van der Waals surface area contributed by atoms with Crippen molar-refractivity contribution in [2.75, 3.05) is 6.61 Å². The largest absolute Gasteiger partial charge is 0.465 e.